The zero-order valence-electron chi connectivity index (χ0n) is 17.7. The van der Waals surface area contributed by atoms with Crippen molar-refractivity contribution in [3.05, 3.63) is 29.8 Å². The summed E-state index contributed by atoms with van der Waals surface area (Å²) in [6.45, 7) is 7.23. The van der Waals surface area contributed by atoms with Crippen LogP contribution in [0.5, 0.6) is 0 Å². The predicted molar refractivity (Wildman–Crippen MR) is 119 cm³/mol. The third kappa shape index (κ3) is 7.78. The van der Waals surface area contributed by atoms with Crippen molar-refractivity contribution in [2.24, 2.45) is 10.4 Å². The van der Waals surface area contributed by atoms with Crippen LogP contribution in [0.4, 0.5) is 5.69 Å². The van der Waals surface area contributed by atoms with Crippen molar-refractivity contribution in [3.8, 4) is 12.3 Å². The van der Waals surface area contributed by atoms with Crippen LogP contribution in [0.3, 0.4) is 0 Å². The minimum atomic E-state index is -0.178. The number of nitrogens with one attached hydrogen (secondary N) is 3. The molecule has 0 bridgehead atoms. The van der Waals surface area contributed by atoms with Crippen LogP contribution in [-0.4, -0.2) is 44.7 Å². The van der Waals surface area contributed by atoms with Crippen LogP contribution < -0.4 is 16.0 Å². The molecule has 6 nitrogen and oxygen atoms in total. The van der Waals surface area contributed by atoms with E-state index in [1.54, 1.807) is 6.07 Å². The van der Waals surface area contributed by atoms with Crippen molar-refractivity contribution in [3.63, 3.8) is 0 Å². The highest BCUT2D eigenvalue weighted by Crippen LogP contribution is 2.40. The SMILES string of the molecule is C#Cc1cccc(NC(=O)CN=C(NCC)NCC2(CCOCC)CCCC2)c1. The molecule has 0 aliphatic heterocycles. The van der Waals surface area contributed by atoms with Crippen LogP contribution in [0.15, 0.2) is 29.3 Å². The number of hydrogen-bond acceptors (Lipinski definition) is 3. The molecule has 1 aromatic carbocycles. The number of guanidine groups is 1. The topological polar surface area (TPSA) is 74.8 Å². The van der Waals surface area contributed by atoms with Crippen LogP contribution in [-0.2, 0) is 9.53 Å². The maximum Gasteiger partial charge on any atom is 0.246 e. The molecule has 0 radical (unpaired) electrons. The fraction of sp³-hybridized carbons (Fsp3) is 0.565. The summed E-state index contributed by atoms with van der Waals surface area (Å²) in [6.07, 6.45) is 11.4. The van der Waals surface area contributed by atoms with Gasteiger partial charge >= 0.3 is 0 Å². The lowest BCUT2D eigenvalue weighted by molar-refractivity contribution is -0.114. The van der Waals surface area contributed by atoms with Crippen molar-refractivity contribution in [1.29, 1.82) is 0 Å². The number of benzene rings is 1. The normalized spacial score (nSPS) is 15.6. The Bertz CT molecular complexity index is 718. The van der Waals surface area contributed by atoms with Crippen molar-refractivity contribution in [1.82, 2.24) is 10.6 Å². The first-order chi connectivity index (χ1) is 14.1. The molecule has 1 amide bonds. The van der Waals surface area contributed by atoms with Crippen LogP contribution in [0.1, 0.15) is 51.5 Å². The number of ether oxygens (including phenoxy) is 1. The van der Waals surface area contributed by atoms with E-state index in [2.05, 4.69) is 26.9 Å². The molecule has 2 rings (SSSR count). The summed E-state index contributed by atoms with van der Waals surface area (Å²) < 4.78 is 5.59. The Balaban J connectivity index is 1.90. The Hall–Kier alpha value is -2.52. The molecule has 158 valence electrons. The van der Waals surface area contributed by atoms with Crippen molar-refractivity contribution in [2.75, 3.05) is 38.2 Å². The molecule has 1 aliphatic carbocycles. The molecule has 0 spiro atoms. The van der Waals surface area contributed by atoms with E-state index in [0.29, 0.717) is 11.6 Å². The van der Waals surface area contributed by atoms with Gasteiger partial charge in [0.05, 0.1) is 0 Å². The third-order valence-electron chi connectivity index (χ3n) is 5.31. The van der Waals surface area contributed by atoms with Gasteiger partial charge < -0.3 is 20.7 Å². The van der Waals surface area contributed by atoms with Gasteiger partial charge in [-0.1, -0.05) is 24.8 Å². The van der Waals surface area contributed by atoms with Gasteiger partial charge in [0.25, 0.3) is 0 Å². The van der Waals surface area contributed by atoms with Gasteiger partial charge in [0.15, 0.2) is 5.96 Å². The van der Waals surface area contributed by atoms with Crippen molar-refractivity contribution < 1.29 is 9.53 Å². The standard InChI is InChI=1S/C23H34N4O2/c1-4-19-10-9-11-20(16-19)27-21(28)17-25-22(24-5-2)26-18-23(12-7-8-13-23)14-15-29-6-3/h1,9-11,16H,5-8,12-15,17-18H2,2-3H3,(H,27,28)(H2,24,25,26). The van der Waals surface area contributed by atoms with Gasteiger partial charge in [-0.25, -0.2) is 4.99 Å². The molecule has 0 saturated heterocycles. The predicted octanol–water partition coefficient (Wildman–Crippen LogP) is 3.15. The summed E-state index contributed by atoms with van der Waals surface area (Å²) >= 11 is 0. The van der Waals surface area contributed by atoms with Crippen LogP contribution in [0.25, 0.3) is 0 Å². The van der Waals surface area contributed by atoms with E-state index in [1.807, 2.05) is 32.0 Å². The quantitative estimate of drug-likeness (QED) is 0.245. The summed E-state index contributed by atoms with van der Waals surface area (Å²) in [5, 5.41) is 9.51. The highest BCUT2D eigenvalue weighted by molar-refractivity contribution is 5.94. The Morgan fingerprint density at radius 2 is 2.07 bits per heavy atom. The molecule has 3 N–H and O–H groups in total. The summed E-state index contributed by atoms with van der Waals surface area (Å²) in [4.78, 5) is 16.7. The van der Waals surface area contributed by atoms with E-state index in [4.69, 9.17) is 11.2 Å². The van der Waals surface area contributed by atoms with Crippen LogP contribution in [0.2, 0.25) is 0 Å². The second-order valence-electron chi connectivity index (χ2n) is 7.48. The second-order valence-corrected chi connectivity index (χ2v) is 7.48. The third-order valence-corrected chi connectivity index (χ3v) is 5.31. The second kappa shape index (κ2) is 12.1. The van der Waals surface area contributed by atoms with Crippen LogP contribution >= 0.6 is 0 Å². The summed E-state index contributed by atoms with van der Waals surface area (Å²) in [5.74, 6) is 3.06. The number of aliphatic imine (C=N–C) groups is 1. The summed E-state index contributed by atoms with van der Waals surface area (Å²) in [5.41, 5.74) is 1.66. The molecule has 29 heavy (non-hydrogen) atoms. The lowest BCUT2D eigenvalue weighted by atomic mass is 9.83. The summed E-state index contributed by atoms with van der Waals surface area (Å²) in [6, 6.07) is 7.23. The molecule has 1 aromatic rings. The molecular weight excluding hydrogens is 364 g/mol. The number of carbonyl (C=O) groups excluding carboxylic acids is 1. The molecule has 0 unspecified atom stereocenters. The molecule has 0 heterocycles. The van der Waals surface area contributed by atoms with Crippen LogP contribution in [0, 0.1) is 17.8 Å². The van der Waals surface area contributed by atoms with Gasteiger partial charge in [-0.3, -0.25) is 4.79 Å². The lowest BCUT2D eigenvalue weighted by Crippen LogP contribution is -2.43. The number of nitrogens with zero attached hydrogens (tertiary/aromatic N) is 1. The number of carbonyl (C=O) groups is 1. The van der Waals surface area contributed by atoms with E-state index in [1.165, 1.54) is 25.7 Å². The molecule has 1 fully saturated rings. The average Bonchev–Trinajstić information content (AvgIpc) is 3.19. The first-order valence-electron chi connectivity index (χ1n) is 10.6. The van der Waals surface area contributed by atoms with Crippen molar-refractivity contribution in [2.45, 2.75) is 46.0 Å². The Morgan fingerprint density at radius 1 is 1.28 bits per heavy atom. The minimum absolute atomic E-state index is 0.0432. The van der Waals surface area contributed by atoms with E-state index in [0.717, 1.165) is 38.3 Å². The zero-order chi connectivity index (χ0) is 21.0. The maximum atomic E-state index is 12.3. The average molecular weight is 399 g/mol. The fourth-order valence-corrected chi connectivity index (χ4v) is 3.72. The molecule has 0 aromatic heterocycles. The molecule has 6 heteroatoms. The molecule has 0 atom stereocenters. The molecule has 1 saturated carbocycles. The van der Waals surface area contributed by atoms with Gasteiger partial charge in [-0.2, -0.15) is 0 Å². The lowest BCUT2D eigenvalue weighted by Gasteiger charge is -2.30. The number of terminal acetylenes is 1. The highest BCUT2D eigenvalue weighted by atomic mass is 16.5. The van der Waals surface area contributed by atoms with Crippen molar-refractivity contribution >= 4 is 17.6 Å². The van der Waals surface area contributed by atoms with Gasteiger partial charge in [-0.05, 0) is 56.7 Å². The maximum absolute atomic E-state index is 12.3. The van der Waals surface area contributed by atoms with Gasteiger partial charge in [0, 0.05) is 37.6 Å². The molecule has 1 aliphatic rings. The smallest absolute Gasteiger partial charge is 0.246 e. The van der Waals surface area contributed by atoms with Gasteiger partial charge in [-0.15, -0.1) is 6.42 Å². The highest BCUT2D eigenvalue weighted by Gasteiger charge is 2.33. The largest absolute Gasteiger partial charge is 0.382 e. The zero-order valence-corrected chi connectivity index (χ0v) is 17.7. The Kier molecular flexibility index (Phi) is 9.52. The van der Waals surface area contributed by atoms with Gasteiger partial charge in [0.2, 0.25) is 5.91 Å². The minimum Gasteiger partial charge on any atom is -0.382 e. The number of amides is 1. The monoisotopic (exact) mass is 398 g/mol. The fourth-order valence-electron chi connectivity index (χ4n) is 3.72. The number of hydrogen-bond donors (Lipinski definition) is 3. The Labute approximate surface area is 174 Å². The van der Waals surface area contributed by atoms with E-state index < -0.39 is 0 Å². The number of rotatable bonds is 10. The van der Waals surface area contributed by atoms with Gasteiger partial charge in [0.1, 0.15) is 6.54 Å². The van der Waals surface area contributed by atoms with E-state index in [9.17, 15) is 4.79 Å². The first kappa shape index (κ1) is 22.8. The first-order valence-corrected chi connectivity index (χ1v) is 10.6. The molecular formula is C23H34N4O2. The van der Waals surface area contributed by atoms with E-state index >= 15 is 0 Å². The van der Waals surface area contributed by atoms with E-state index in [-0.39, 0.29) is 17.9 Å². The number of anilines is 1. The Morgan fingerprint density at radius 3 is 2.76 bits per heavy atom. The summed E-state index contributed by atoms with van der Waals surface area (Å²) in [7, 11) is 0.